The fraction of sp³-hybridized carbons (Fsp3) is 0.0556. The largest absolute Gasteiger partial charge is 0.466 e. The highest BCUT2D eigenvalue weighted by Gasteiger charge is 2.23. The number of halogens is 2. The van der Waals surface area contributed by atoms with Crippen LogP contribution < -0.4 is 4.74 Å². The summed E-state index contributed by atoms with van der Waals surface area (Å²) in [5, 5.41) is 11.9. The molecule has 0 amide bonds. The first-order valence-electron chi connectivity index (χ1n) is 7.55. The minimum atomic E-state index is -0.884. The third-order valence-electron chi connectivity index (χ3n) is 3.43. The Bertz CT molecular complexity index is 988. The summed E-state index contributed by atoms with van der Waals surface area (Å²) < 4.78 is 15.7. The van der Waals surface area contributed by atoms with Crippen LogP contribution in [0.5, 0.6) is 11.5 Å². The van der Waals surface area contributed by atoms with Crippen molar-refractivity contribution in [3.8, 4) is 11.5 Å². The molecule has 0 saturated heterocycles. The fourth-order valence-electron chi connectivity index (χ4n) is 2.20. The number of nitro groups is 1. The maximum absolute atomic E-state index is 12.3. The third-order valence-corrected chi connectivity index (χ3v) is 3.96. The molecule has 9 heteroatoms. The number of nitro benzene ring substituents is 1. The number of hydrogen-bond acceptors (Lipinski definition) is 6. The lowest BCUT2D eigenvalue weighted by Crippen LogP contribution is -2.08. The van der Waals surface area contributed by atoms with Crippen LogP contribution in [0.3, 0.4) is 0 Å². The molecule has 7 nitrogen and oxygen atoms in total. The second kappa shape index (κ2) is 8.11. The number of nitrogens with zero attached hydrogens (tertiary/aromatic N) is 1. The van der Waals surface area contributed by atoms with Gasteiger partial charge in [-0.2, -0.15) is 0 Å². The highest BCUT2D eigenvalue weighted by molar-refractivity contribution is 6.35. The Morgan fingerprint density at radius 1 is 1.15 bits per heavy atom. The maximum Gasteiger partial charge on any atom is 0.345 e. The molecule has 0 spiro atoms. The molecule has 138 valence electrons. The average molecular weight is 408 g/mol. The van der Waals surface area contributed by atoms with Crippen LogP contribution in [-0.2, 0) is 11.3 Å². The second-order valence-corrected chi connectivity index (χ2v) is 6.11. The van der Waals surface area contributed by atoms with Gasteiger partial charge in [-0.3, -0.25) is 10.1 Å². The number of esters is 1. The Balaban J connectivity index is 1.85. The first-order valence-corrected chi connectivity index (χ1v) is 8.30. The van der Waals surface area contributed by atoms with Gasteiger partial charge >= 0.3 is 5.97 Å². The lowest BCUT2D eigenvalue weighted by Gasteiger charge is -2.10. The molecule has 0 aliphatic heterocycles. The average Bonchev–Trinajstić information content (AvgIpc) is 3.15. The summed E-state index contributed by atoms with van der Waals surface area (Å²) in [4.78, 5) is 22.9. The highest BCUT2D eigenvalue weighted by Crippen LogP contribution is 2.33. The van der Waals surface area contributed by atoms with Gasteiger partial charge in [-0.15, -0.1) is 0 Å². The maximum atomic E-state index is 12.3. The third kappa shape index (κ3) is 4.58. The van der Waals surface area contributed by atoms with Crippen LogP contribution in [0, 0.1) is 10.1 Å². The quantitative estimate of drug-likeness (QED) is 0.298. The Morgan fingerprint density at radius 3 is 2.63 bits per heavy atom. The van der Waals surface area contributed by atoms with E-state index in [0.29, 0.717) is 10.8 Å². The predicted molar refractivity (Wildman–Crippen MR) is 97.5 cm³/mol. The van der Waals surface area contributed by atoms with Gasteiger partial charge in [0.15, 0.2) is 0 Å². The fourth-order valence-corrected chi connectivity index (χ4v) is 2.64. The van der Waals surface area contributed by atoms with Gasteiger partial charge in [0.25, 0.3) is 5.69 Å². The summed E-state index contributed by atoms with van der Waals surface area (Å²) in [6.45, 7) is -0.156. The molecule has 0 saturated carbocycles. The van der Waals surface area contributed by atoms with Crippen molar-refractivity contribution in [3.05, 3.63) is 86.3 Å². The van der Waals surface area contributed by atoms with E-state index >= 15 is 0 Å². The van der Waals surface area contributed by atoms with Crippen LogP contribution in [0.4, 0.5) is 5.69 Å². The van der Waals surface area contributed by atoms with Crippen molar-refractivity contribution in [1.29, 1.82) is 0 Å². The van der Waals surface area contributed by atoms with Crippen molar-refractivity contribution in [3.63, 3.8) is 0 Å². The Morgan fingerprint density at radius 2 is 1.96 bits per heavy atom. The summed E-state index contributed by atoms with van der Waals surface area (Å²) in [6, 6.07) is 11.6. The molecule has 27 heavy (non-hydrogen) atoms. The highest BCUT2D eigenvalue weighted by atomic mass is 35.5. The van der Waals surface area contributed by atoms with E-state index in [0.717, 1.165) is 6.07 Å². The molecule has 0 aliphatic carbocycles. The van der Waals surface area contributed by atoms with E-state index in [9.17, 15) is 14.9 Å². The van der Waals surface area contributed by atoms with E-state index in [1.807, 2.05) is 0 Å². The first kappa shape index (κ1) is 18.8. The SMILES string of the molecule is O=C(OCc1ccco1)c1cc(Oc2ccc(Cl)cc2Cl)ccc1[N+](=O)[O-]. The Kier molecular flexibility index (Phi) is 5.63. The van der Waals surface area contributed by atoms with Crippen molar-refractivity contribution in [2.45, 2.75) is 6.61 Å². The number of carbonyl (C=O) groups is 1. The molecular weight excluding hydrogens is 397 g/mol. The number of rotatable bonds is 6. The van der Waals surface area contributed by atoms with E-state index in [-0.39, 0.29) is 28.7 Å². The minimum absolute atomic E-state index is 0.156. The van der Waals surface area contributed by atoms with Gasteiger partial charge in [-0.1, -0.05) is 23.2 Å². The standard InChI is InChI=1S/C18H11Cl2NO6/c19-11-3-6-17(15(20)8-11)27-12-4-5-16(21(23)24)14(9-12)18(22)26-10-13-2-1-7-25-13/h1-9H,10H2. The van der Waals surface area contributed by atoms with Crippen molar-refractivity contribution in [1.82, 2.24) is 0 Å². The molecule has 0 unspecified atom stereocenters. The lowest BCUT2D eigenvalue weighted by atomic mass is 10.1. The summed E-state index contributed by atoms with van der Waals surface area (Å²) in [5.41, 5.74) is -0.664. The van der Waals surface area contributed by atoms with Crippen LogP contribution in [0.25, 0.3) is 0 Å². The molecule has 2 aromatic carbocycles. The minimum Gasteiger partial charge on any atom is -0.466 e. The zero-order chi connectivity index (χ0) is 19.4. The molecule has 0 fully saturated rings. The van der Waals surface area contributed by atoms with E-state index < -0.39 is 16.6 Å². The van der Waals surface area contributed by atoms with Gasteiger partial charge in [0.05, 0.1) is 16.2 Å². The predicted octanol–water partition coefficient (Wildman–Crippen LogP) is 5.64. The normalized spacial score (nSPS) is 10.4. The molecular formula is C18H11Cl2NO6. The van der Waals surface area contributed by atoms with Crippen LogP contribution in [-0.4, -0.2) is 10.9 Å². The van der Waals surface area contributed by atoms with Gasteiger partial charge in [-0.05, 0) is 36.4 Å². The van der Waals surface area contributed by atoms with Crippen molar-refractivity contribution in [2.75, 3.05) is 0 Å². The van der Waals surface area contributed by atoms with Crippen LogP contribution in [0.1, 0.15) is 16.1 Å². The molecule has 1 aromatic heterocycles. The summed E-state index contributed by atoms with van der Waals surface area (Å²) in [6.07, 6.45) is 1.43. The van der Waals surface area contributed by atoms with Crippen LogP contribution in [0.15, 0.2) is 59.2 Å². The Labute approximate surface area is 163 Å². The van der Waals surface area contributed by atoms with E-state index in [1.165, 1.54) is 24.5 Å². The zero-order valence-corrected chi connectivity index (χ0v) is 15.1. The van der Waals surface area contributed by atoms with Crippen LogP contribution in [0.2, 0.25) is 10.0 Å². The van der Waals surface area contributed by atoms with Gasteiger partial charge < -0.3 is 13.9 Å². The Hall–Kier alpha value is -3.03. The summed E-state index contributed by atoms with van der Waals surface area (Å²) in [7, 11) is 0. The number of hydrogen-bond donors (Lipinski definition) is 0. The number of ether oxygens (including phenoxy) is 2. The van der Waals surface area contributed by atoms with Gasteiger partial charge in [0, 0.05) is 17.2 Å². The van der Waals surface area contributed by atoms with Crippen molar-refractivity contribution >= 4 is 34.9 Å². The smallest absolute Gasteiger partial charge is 0.345 e. The molecule has 0 bridgehead atoms. The van der Waals surface area contributed by atoms with E-state index in [1.54, 1.807) is 24.3 Å². The number of benzene rings is 2. The summed E-state index contributed by atoms with van der Waals surface area (Å²) >= 11 is 11.9. The molecule has 1 heterocycles. The molecule has 3 aromatic rings. The van der Waals surface area contributed by atoms with Gasteiger partial charge in [-0.25, -0.2) is 4.79 Å². The molecule has 0 radical (unpaired) electrons. The zero-order valence-electron chi connectivity index (χ0n) is 13.6. The molecule has 3 rings (SSSR count). The number of carbonyl (C=O) groups excluding carboxylic acids is 1. The van der Waals surface area contributed by atoms with Gasteiger partial charge in [0.1, 0.15) is 29.4 Å². The van der Waals surface area contributed by atoms with Gasteiger partial charge in [0.2, 0.25) is 0 Å². The van der Waals surface area contributed by atoms with E-state index in [4.69, 9.17) is 37.1 Å². The second-order valence-electron chi connectivity index (χ2n) is 5.27. The van der Waals surface area contributed by atoms with E-state index in [2.05, 4.69) is 0 Å². The summed E-state index contributed by atoms with van der Waals surface area (Å²) in [5.74, 6) is -0.0169. The molecule has 0 aliphatic rings. The molecule has 0 atom stereocenters. The lowest BCUT2D eigenvalue weighted by molar-refractivity contribution is -0.385. The molecule has 0 N–H and O–H groups in total. The van der Waals surface area contributed by atoms with Crippen molar-refractivity contribution < 1.29 is 23.6 Å². The monoisotopic (exact) mass is 407 g/mol. The first-order chi connectivity index (χ1) is 12.9. The number of furan rings is 1. The topological polar surface area (TPSA) is 91.8 Å². The van der Waals surface area contributed by atoms with Crippen LogP contribution >= 0.6 is 23.2 Å². The van der Waals surface area contributed by atoms with Crippen molar-refractivity contribution in [2.24, 2.45) is 0 Å².